The zero-order valence-electron chi connectivity index (χ0n) is 11.5. The first kappa shape index (κ1) is 15.1. The van der Waals surface area contributed by atoms with Gasteiger partial charge in [0.15, 0.2) is 5.69 Å². The van der Waals surface area contributed by atoms with Crippen LogP contribution in [0, 0.1) is 6.92 Å². The molecule has 0 bridgehead atoms. The molecule has 6 nitrogen and oxygen atoms in total. The lowest BCUT2D eigenvalue weighted by atomic mass is 10.3. The van der Waals surface area contributed by atoms with Gasteiger partial charge in [0, 0.05) is 19.3 Å². The summed E-state index contributed by atoms with van der Waals surface area (Å²) in [5.41, 5.74) is -0.168. The van der Waals surface area contributed by atoms with E-state index in [0.717, 1.165) is 6.07 Å². The molecule has 9 heteroatoms. The quantitative estimate of drug-likeness (QED) is 0.927. The van der Waals surface area contributed by atoms with Gasteiger partial charge >= 0.3 is 6.18 Å². The Morgan fingerprint density at radius 1 is 1.43 bits per heavy atom. The van der Waals surface area contributed by atoms with Crippen LogP contribution in [0.15, 0.2) is 18.6 Å². The van der Waals surface area contributed by atoms with E-state index in [1.807, 2.05) is 0 Å². The van der Waals surface area contributed by atoms with Gasteiger partial charge in [-0.05, 0) is 13.0 Å². The van der Waals surface area contributed by atoms with E-state index < -0.39 is 11.9 Å². The lowest BCUT2D eigenvalue weighted by Crippen LogP contribution is -2.29. The molecule has 0 fully saturated rings. The van der Waals surface area contributed by atoms with Crippen LogP contribution in [-0.2, 0) is 19.8 Å². The van der Waals surface area contributed by atoms with Crippen LogP contribution in [0.3, 0.4) is 0 Å². The standard InChI is InChI=1S/C12H14F3N5O/c1-8-5-10(12(13,14)15)18-20(8)4-3-17-11(21)9-6-16-7-19(9)2/h5-7H,3-4H2,1-2H3,(H,17,21). The fourth-order valence-corrected chi connectivity index (χ4v) is 1.82. The Hall–Kier alpha value is -2.32. The van der Waals surface area contributed by atoms with Gasteiger partial charge in [-0.25, -0.2) is 4.98 Å². The van der Waals surface area contributed by atoms with Crippen LogP contribution in [0.5, 0.6) is 0 Å². The molecule has 1 N–H and O–H groups in total. The van der Waals surface area contributed by atoms with E-state index >= 15 is 0 Å². The Bertz CT molecular complexity index is 644. The van der Waals surface area contributed by atoms with E-state index in [2.05, 4.69) is 15.4 Å². The van der Waals surface area contributed by atoms with Crippen LogP contribution >= 0.6 is 0 Å². The first-order chi connectivity index (χ1) is 9.79. The Morgan fingerprint density at radius 2 is 2.14 bits per heavy atom. The van der Waals surface area contributed by atoms with E-state index in [9.17, 15) is 18.0 Å². The largest absolute Gasteiger partial charge is 0.435 e. The molecule has 0 aliphatic rings. The summed E-state index contributed by atoms with van der Waals surface area (Å²) >= 11 is 0. The molecule has 1 amide bonds. The van der Waals surface area contributed by atoms with Gasteiger partial charge in [0.05, 0.1) is 19.1 Å². The van der Waals surface area contributed by atoms with Gasteiger partial charge < -0.3 is 9.88 Å². The minimum Gasteiger partial charge on any atom is -0.349 e. The minimum atomic E-state index is -4.46. The normalized spacial score (nSPS) is 11.7. The third-order valence-electron chi connectivity index (χ3n) is 2.93. The molecule has 2 heterocycles. The first-order valence-electron chi connectivity index (χ1n) is 6.15. The molecule has 0 spiro atoms. The maximum absolute atomic E-state index is 12.5. The fourth-order valence-electron chi connectivity index (χ4n) is 1.82. The number of nitrogens with one attached hydrogen (secondary N) is 1. The summed E-state index contributed by atoms with van der Waals surface area (Å²) in [6.07, 6.45) is -1.56. The Morgan fingerprint density at radius 3 is 2.67 bits per heavy atom. The van der Waals surface area contributed by atoms with Crippen molar-refractivity contribution in [1.82, 2.24) is 24.6 Å². The molecule has 2 rings (SSSR count). The van der Waals surface area contributed by atoms with Crippen LogP contribution in [-0.4, -0.2) is 31.8 Å². The SMILES string of the molecule is Cc1cc(C(F)(F)F)nn1CCNC(=O)c1cncn1C. The highest BCUT2D eigenvalue weighted by molar-refractivity contribution is 5.92. The maximum atomic E-state index is 12.5. The Balaban J connectivity index is 1.94. The lowest BCUT2D eigenvalue weighted by molar-refractivity contribution is -0.141. The number of nitrogens with zero attached hydrogens (tertiary/aromatic N) is 4. The molecule has 0 radical (unpaired) electrons. The number of aromatic nitrogens is 4. The predicted molar refractivity (Wildman–Crippen MR) is 67.5 cm³/mol. The predicted octanol–water partition coefficient (Wildman–Crippen LogP) is 1.37. The summed E-state index contributed by atoms with van der Waals surface area (Å²) in [6.45, 7) is 1.86. The minimum absolute atomic E-state index is 0.158. The van der Waals surface area contributed by atoms with Gasteiger partial charge in [-0.1, -0.05) is 0 Å². The van der Waals surface area contributed by atoms with Crippen molar-refractivity contribution in [1.29, 1.82) is 0 Å². The molecular formula is C12H14F3N5O. The molecule has 0 saturated carbocycles. The van der Waals surface area contributed by atoms with Crippen molar-refractivity contribution < 1.29 is 18.0 Å². The number of aryl methyl sites for hydroxylation is 2. The second kappa shape index (κ2) is 5.58. The molecule has 0 unspecified atom stereocenters. The van der Waals surface area contributed by atoms with Gasteiger partial charge in [-0.3, -0.25) is 9.48 Å². The van der Waals surface area contributed by atoms with Crippen LogP contribution in [0.25, 0.3) is 0 Å². The van der Waals surface area contributed by atoms with Crippen LogP contribution in [0.1, 0.15) is 21.9 Å². The summed E-state index contributed by atoms with van der Waals surface area (Å²) in [7, 11) is 1.68. The number of carbonyl (C=O) groups excluding carboxylic acids is 1. The van der Waals surface area contributed by atoms with Crippen molar-refractivity contribution in [2.45, 2.75) is 19.6 Å². The molecule has 0 saturated heterocycles. The fraction of sp³-hybridized carbons (Fsp3) is 0.417. The second-order valence-corrected chi connectivity index (χ2v) is 4.54. The van der Waals surface area contributed by atoms with Crippen molar-refractivity contribution >= 4 is 5.91 Å². The number of hydrogen-bond acceptors (Lipinski definition) is 3. The molecule has 0 aromatic carbocycles. The smallest absolute Gasteiger partial charge is 0.349 e. The average Bonchev–Trinajstić information content (AvgIpc) is 2.95. The molecular weight excluding hydrogens is 287 g/mol. The van der Waals surface area contributed by atoms with Gasteiger partial charge in [0.2, 0.25) is 0 Å². The topological polar surface area (TPSA) is 64.7 Å². The van der Waals surface area contributed by atoms with Crippen molar-refractivity contribution in [2.24, 2.45) is 7.05 Å². The number of alkyl halides is 3. The van der Waals surface area contributed by atoms with Gasteiger partial charge in [-0.15, -0.1) is 0 Å². The van der Waals surface area contributed by atoms with E-state index in [1.54, 1.807) is 11.6 Å². The molecule has 0 atom stereocenters. The van der Waals surface area contributed by atoms with E-state index in [4.69, 9.17) is 0 Å². The summed E-state index contributed by atoms with van der Waals surface area (Å²) in [5.74, 6) is -0.337. The number of imidazole rings is 1. The molecule has 2 aromatic rings. The van der Waals surface area contributed by atoms with E-state index in [0.29, 0.717) is 11.4 Å². The van der Waals surface area contributed by atoms with Crippen molar-refractivity contribution in [3.05, 3.63) is 35.7 Å². The zero-order chi connectivity index (χ0) is 15.6. The van der Waals surface area contributed by atoms with E-state index in [1.165, 1.54) is 24.1 Å². The van der Waals surface area contributed by atoms with Crippen molar-refractivity contribution in [2.75, 3.05) is 6.54 Å². The average molecular weight is 301 g/mol. The number of halogens is 3. The van der Waals surface area contributed by atoms with Crippen molar-refractivity contribution in [3.63, 3.8) is 0 Å². The maximum Gasteiger partial charge on any atom is 0.435 e. The first-order valence-corrected chi connectivity index (χ1v) is 6.15. The molecule has 0 aliphatic heterocycles. The molecule has 21 heavy (non-hydrogen) atoms. The molecule has 0 aliphatic carbocycles. The molecule has 2 aromatic heterocycles. The van der Waals surface area contributed by atoms with Crippen LogP contribution in [0.2, 0.25) is 0 Å². The summed E-state index contributed by atoms with van der Waals surface area (Å²) in [5, 5.41) is 6.09. The van der Waals surface area contributed by atoms with Gasteiger partial charge in [-0.2, -0.15) is 18.3 Å². The zero-order valence-corrected chi connectivity index (χ0v) is 11.5. The lowest BCUT2D eigenvalue weighted by Gasteiger charge is -2.07. The highest BCUT2D eigenvalue weighted by Crippen LogP contribution is 2.28. The second-order valence-electron chi connectivity index (χ2n) is 4.54. The van der Waals surface area contributed by atoms with Crippen LogP contribution < -0.4 is 5.32 Å². The number of hydrogen-bond donors (Lipinski definition) is 1. The summed E-state index contributed by atoms with van der Waals surface area (Å²) in [6, 6.07) is 0.975. The van der Waals surface area contributed by atoms with Gasteiger partial charge in [0.25, 0.3) is 5.91 Å². The summed E-state index contributed by atoms with van der Waals surface area (Å²) in [4.78, 5) is 15.6. The third-order valence-corrected chi connectivity index (χ3v) is 2.93. The van der Waals surface area contributed by atoms with Crippen LogP contribution in [0.4, 0.5) is 13.2 Å². The van der Waals surface area contributed by atoms with Crippen molar-refractivity contribution in [3.8, 4) is 0 Å². The number of carbonyl (C=O) groups is 1. The number of amides is 1. The number of rotatable bonds is 4. The van der Waals surface area contributed by atoms with Gasteiger partial charge in [0.1, 0.15) is 5.69 Å². The highest BCUT2D eigenvalue weighted by atomic mass is 19.4. The Kier molecular flexibility index (Phi) is 4.01. The van der Waals surface area contributed by atoms with E-state index in [-0.39, 0.29) is 19.0 Å². The highest BCUT2D eigenvalue weighted by Gasteiger charge is 2.34. The molecule has 114 valence electrons. The summed E-state index contributed by atoms with van der Waals surface area (Å²) < 4.78 is 40.3. The Labute approximate surface area is 118 Å². The third kappa shape index (κ3) is 3.41. The monoisotopic (exact) mass is 301 g/mol.